The minimum atomic E-state index is -1.42. The van der Waals surface area contributed by atoms with E-state index in [1.165, 1.54) is 6.07 Å². The van der Waals surface area contributed by atoms with Gasteiger partial charge >= 0.3 is 0 Å². The van der Waals surface area contributed by atoms with Crippen molar-refractivity contribution in [2.45, 2.75) is 30.0 Å². The Labute approximate surface area is 268 Å². The van der Waals surface area contributed by atoms with Gasteiger partial charge in [0.2, 0.25) is 11.0 Å². The molecular weight excluding hydrogens is 719 g/mol. The molecule has 2 unspecified atom stereocenters. The Morgan fingerprint density at radius 2 is 1.95 bits per heavy atom. The molecule has 6 aromatic rings. The maximum atomic E-state index is 15.0. The lowest BCUT2D eigenvalue weighted by Gasteiger charge is -2.17. The van der Waals surface area contributed by atoms with Gasteiger partial charge in [-0.2, -0.15) is 10.1 Å². The van der Waals surface area contributed by atoms with E-state index >= 15 is 4.39 Å². The minimum absolute atomic E-state index is 0.0502. The van der Waals surface area contributed by atoms with E-state index in [-0.39, 0.29) is 10.2 Å². The van der Waals surface area contributed by atoms with E-state index in [1.807, 2.05) is 53.1 Å². The summed E-state index contributed by atoms with van der Waals surface area (Å²) in [6, 6.07) is 17.0. The van der Waals surface area contributed by atoms with Crippen LogP contribution in [0.5, 0.6) is 5.88 Å². The summed E-state index contributed by atoms with van der Waals surface area (Å²) in [6.07, 6.45) is 7.19. The molecule has 8 rings (SSSR count). The van der Waals surface area contributed by atoms with E-state index in [2.05, 4.69) is 32.1 Å². The van der Waals surface area contributed by atoms with Crippen molar-refractivity contribution in [1.82, 2.24) is 24.5 Å². The number of halogens is 3. The van der Waals surface area contributed by atoms with Crippen LogP contribution in [0.15, 0.2) is 72.1 Å². The topological polar surface area (TPSA) is 82.8 Å². The summed E-state index contributed by atoms with van der Waals surface area (Å²) in [5, 5.41) is 7.17. The Bertz CT molecular complexity index is 2160. The van der Waals surface area contributed by atoms with Gasteiger partial charge in [0.15, 0.2) is 0 Å². The molecule has 2 aliphatic carbocycles. The monoisotopic (exact) mass is 739 g/mol. The van der Waals surface area contributed by atoms with Gasteiger partial charge in [-0.1, -0.05) is 48.0 Å². The molecule has 1 spiro atoms. The van der Waals surface area contributed by atoms with Crippen LogP contribution in [0.2, 0.25) is 5.02 Å². The minimum Gasteiger partial charge on any atom is -0.472 e. The van der Waals surface area contributed by atoms with Crippen LogP contribution < -0.4 is 4.74 Å². The second-order valence-electron chi connectivity index (χ2n) is 10.7. The summed E-state index contributed by atoms with van der Waals surface area (Å²) in [7, 11) is -1.42. The van der Waals surface area contributed by atoms with Gasteiger partial charge in [-0.3, -0.25) is 9.19 Å². The Morgan fingerprint density at radius 3 is 2.70 bits per heavy atom. The van der Waals surface area contributed by atoms with Gasteiger partial charge in [-0.25, -0.2) is 13.8 Å². The SMILES string of the molecule is CS(=O)c1nc(OCc2ccccc2)c2c(n1)C1(CC1)c1c-2ccnc1-c1c2cnn(PI)c2cc2ccc(F)c(Cl)c12. The summed E-state index contributed by atoms with van der Waals surface area (Å²) >= 11 is 9.03. The molecule has 0 bridgehead atoms. The number of aromatic nitrogens is 5. The fourth-order valence-corrected chi connectivity index (χ4v) is 8.50. The molecule has 0 amide bonds. The highest BCUT2D eigenvalue weighted by atomic mass is 127. The molecule has 0 saturated heterocycles. The molecule has 214 valence electrons. The fourth-order valence-electron chi connectivity index (χ4n) is 6.27. The average molecular weight is 740 g/mol. The molecule has 0 N–H and O–H groups in total. The maximum absolute atomic E-state index is 15.0. The third-order valence-corrected chi connectivity index (χ3v) is 11.2. The zero-order valence-electron chi connectivity index (χ0n) is 22.6. The number of pyridine rings is 1. The van der Waals surface area contributed by atoms with Gasteiger partial charge in [0, 0.05) is 34.2 Å². The summed E-state index contributed by atoms with van der Waals surface area (Å²) in [6.45, 7) is 0.301. The van der Waals surface area contributed by atoms with Gasteiger partial charge in [-0.15, -0.1) is 0 Å². The van der Waals surface area contributed by atoms with Crippen LogP contribution >= 0.6 is 40.0 Å². The van der Waals surface area contributed by atoms with Crippen LogP contribution in [-0.4, -0.2) is 35.0 Å². The molecule has 12 heteroatoms. The number of hydrogen-bond acceptors (Lipinski definition) is 6. The molecule has 3 aromatic carbocycles. The largest absolute Gasteiger partial charge is 0.472 e. The third-order valence-electron chi connectivity index (χ3n) is 8.29. The predicted molar refractivity (Wildman–Crippen MR) is 177 cm³/mol. The summed E-state index contributed by atoms with van der Waals surface area (Å²) < 4.78 is 36.0. The lowest BCUT2D eigenvalue weighted by Crippen LogP contribution is -2.12. The van der Waals surface area contributed by atoms with Gasteiger partial charge in [-0.05, 0) is 75.2 Å². The summed E-state index contributed by atoms with van der Waals surface area (Å²) in [4.78, 5) is 14.5. The number of ether oxygens (including phenoxy) is 1. The number of hydrogen-bond donors (Lipinski definition) is 0. The Hall–Kier alpha value is -3.05. The summed E-state index contributed by atoms with van der Waals surface area (Å²) in [5.41, 5.74) is 6.41. The first-order valence-corrected chi connectivity index (χ1v) is 19.5. The van der Waals surface area contributed by atoms with E-state index in [1.54, 1.807) is 18.5 Å². The van der Waals surface area contributed by atoms with E-state index in [0.29, 0.717) is 29.9 Å². The van der Waals surface area contributed by atoms with Crippen molar-refractivity contribution >= 4 is 72.5 Å². The number of nitrogens with zero attached hydrogens (tertiary/aromatic N) is 5. The molecule has 7 nitrogen and oxygen atoms in total. The van der Waals surface area contributed by atoms with Crippen LogP contribution in [-0.2, 0) is 22.8 Å². The lowest BCUT2D eigenvalue weighted by atomic mass is 9.88. The molecule has 2 aliphatic rings. The highest BCUT2D eigenvalue weighted by Crippen LogP contribution is 2.65. The Morgan fingerprint density at radius 1 is 1.14 bits per heavy atom. The van der Waals surface area contributed by atoms with Gasteiger partial charge in [0.1, 0.15) is 12.4 Å². The van der Waals surface area contributed by atoms with Crippen molar-refractivity contribution in [2.24, 2.45) is 0 Å². The van der Waals surface area contributed by atoms with Crippen molar-refractivity contribution in [3.05, 3.63) is 94.7 Å². The van der Waals surface area contributed by atoms with Gasteiger partial charge < -0.3 is 4.74 Å². The van der Waals surface area contributed by atoms with Crippen LogP contribution in [0, 0.1) is 5.82 Å². The van der Waals surface area contributed by atoms with Crippen LogP contribution in [0.1, 0.15) is 29.7 Å². The molecule has 0 aliphatic heterocycles. The molecule has 1 saturated carbocycles. The molecule has 2 atom stereocenters. The molecule has 43 heavy (non-hydrogen) atoms. The molecule has 0 radical (unpaired) electrons. The summed E-state index contributed by atoms with van der Waals surface area (Å²) in [5.74, 6) is -0.0974. The molecule has 1 fully saturated rings. The van der Waals surface area contributed by atoms with Crippen LogP contribution in [0.3, 0.4) is 0 Å². The quantitative estimate of drug-likeness (QED) is 0.0979. The van der Waals surface area contributed by atoms with Crippen molar-refractivity contribution < 1.29 is 13.3 Å². The zero-order chi connectivity index (χ0) is 29.5. The maximum Gasteiger partial charge on any atom is 0.226 e. The van der Waals surface area contributed by atoms with E-state index in [9.17, 15) is 4.21 Å². The second-order valence-corrected chi connectivity index (χ2v) is 14.4. The van der Waals surface area contributed by atoms with Crippen molar-refractivity contribution in [1.29, 1.82) is 0 Å². The van der Waals surface area contributed by atoms with E-state index in [4.69, 9.17) is 26.3 Å². The van der Waals surface area contributed by atoms with Crippen LogP contribution in [0.25, 0.3) is 44.1 Å². The first-order chi connectivity index (χ1) is 20.9. The number of fused-ring (bicyclic) bond motifs is 7. The average Bonchev–Trinajstić information content (AvgIpc) is 3.64. The Kier molecular flexibility index (Phi) is 6.56. The van der Waals surface area contributed by atoms with Crippen molar-refractivity contribution in [3.63, 3.8) is 0 Å². The Balaban J connectivity index is 1.42. The highest BCUT2D eigenvalue weighted by molar-refractivity contribution is 14.2. The number of rotatable bonds is 6. The van der Waals surface area contributed by atoms with E-state index < -0.39 is 22.0 Å². The first-order valence-electron chi connectivity index (χ1n) is 13.5. The molecular formula is C31H21ClFIN5O2PS. The normalized spacial score (nSPS) is 15.4. The van der Waals surface area contributed by atoms with Crippen molar-refractivity contribution in [3.8, 4) is 28.3 Å². The first kappa shape index (κ1) is 27.5. The predicted octanol–water partition coefficient (Wildman–Crippen LogP) is 8.00. The second kappa shape index (κ2) is 10.3. The van der Waals surface area contributed by atoms with E-state index in [0.717, 1.165) is 62.6 Å². The zero-order valence-corrected chi connectivity index (χ0v) is 27.3. The van der Waals surface area contributed by atoms with Gasteiger partial charge in [0.05, 0.1) is 50.9 Å². The smallest absolute Gasteiger partial charge is 0.226 e. The van der Waals surface area contributed by atoms with Crippen molar-refractivity contribution in [2.75, 3.05) is 6.26 Å². The molecule has 3 aromatic heterocycles. The van der Waals surface area contributed by atoms with Crippen LogP contribution in [0.4, 0.5) is 4.39 Å². The third kappa shape index (κ3) is 4.17. The van der Waals surface area contributed by atoms with Gasteiger partial charge in [0.25, 0.3) is 0 Å². The standard InChI is InChI=1S/C31H21ClFIN5O2PS/c1-43(40)30-37-28-24(29(38-30)41-15-16-5-3-2-4-6-16)18-9-12-35-27(25(18)31(28)10-11-31)23-19-14-36-39(42-34)21(19)13-17-7-8-20(33)26(32)22(17)23/h2-9,12-14,42H,10-11,15H2,1H3. The number of benzene rings is 3. The fraction of sp³-hybridized carbons (Fsp3) is 0.161. The lowest BCUT2D eigenvalue weighted by molar-refractivity contribution is 0.291. The molecule has 3 heterocycles. The highest BCUT2D eigenvalue weighted by Gasteiger charge is 2.57.